The molecule has 1 heterocycles. The summed E-state index contributed by atoms with van der Waals surface area (Å²) in [5.41, 5.74) is 0.964. The quantitative estimate of drug-likeness (QED) is 0.750. The topological polar surface area (TPSA) is 46.5 Å². The zero-order valence-electron chi connectivity index (χ0n) is 14.9. The second-order valence-corrected chi connectivity index (χ2v) is 7.21. The van der Waals surface area contributed by atoms with Crippen LogP contribution >= 0.6 is 0 Å². The van der Waals surface area contributed by atoms with E-state index in [4.69, 9.17) is 4.74 Å². The van der Waals surface area contributed by atoms with E-state index in [1.165, 1.54) is 5.56 Å². The normalized spacial score (nSPS) is 22.8. The molecule has 0 radical (unpaired) electrons. The van der Waals surface area contributed by atoms with Crippen molar-refractivity contribution in [1.82, 2.24) is 0 Å². The first-order chi connectivity index (χ1) is 10.9. The number of fused-ring (bicyclic) bond motifs is 1. The average Bonchev–Trinajstić information content (AvgIpc) is 2.51. The summed E-state index contributed by atoms with van der Waals surface area (Å²) >= 11 is 0. The smallest absolute Gasteiger partial charge is 0.138 e. The summed E-state index contributed by atoms with van der Waals surface area (Å²) < 4.78 is 5.86. The van der Waals surface area contributed by atoms with Gasteiger partial charge in [-0.2, -0.15) is 0 Å². The maximum atomic E-state index is 12.4. The lowest BCUT2D eigenvalue weighted by molar-refractivity contribution is -0.128. The molecule has 128 valence electrons. The van der Waals surface area contributed by atoms with Gasteiger partial charge in [0.05, 0.1) is 6.10 Å². The lowest BCUT2D eigenvalue weighted by Crippen LogP contribution is -2.29. The van der Waals surface area contributed by atoms with Gasteiger partial charge in [0.1, 0.15) is 17.3 Å². The third-order valence-corrected chi connectivity index (χ3v) is 5.22. The Balaban J connectivity index is 2.15. The minimum atomic E-state index is -0.206. The van der Waals surface area contributed by atoms with Crippen LogP contribution in [0.1, 0.15) is 77.7 Å². The summed E-state index contributed by atoms with van der Waals surface area (Å²) in [6.45, 7) is 8.31. The molecule has 3 heteroatoms. The van der Waals surface area contributed by atoms with Crippen LogP contribution in [0.25, 0.3) is 0 Å². The molecule has 3 atom stereocenters. The molecule has 0 spiro atoms. The summed E-state index contributed by atoms with van der Waals surface area (Å²) in [6, 6.07) is 5.41. The van der Waals surface area contributed by atoms with Gasteiger partial charge in [0.15, 0.2) is 0 Å². The molecule has 1 aliphatic heterocycles. The number of ketones is 1. The molecular formula is C20H30O3. The number of phenols is 1. The van der Waals surface area contributed by atoms with Crippen molar-refractivity contribution in [3.05, 3.63) is 23.8 Å². The third kappa shape index (κ3) is 4.07. The fourth-order valence-corrected chi connectivity index (χ4v) is 3.90. The molecule has 0 amide bonds. The molecule has 0 saturated heterocycles. The first-order valence-corrected chi connectivity index (χ1v) is 8.92. The Hall–Kier alpha value is -1.51. The van der Waals surface area contributed by atoms with Gasteiger partial charge >= 0.3 is 0 Å². The number of hydrogen-bond donors (Lipinski definition) is 1. The van der Waals surface area contributed by atoms with E-state index in [-0.39, 0.29) is 17.3 Å². The van der Waals surface area contributed by atoms with Crippen LogP contribution in [0, 0.1) is 5.41 Å². The number of ether oxygens (including phenoxy) is 1. The van der Waals surface area contributed by atoms with E-state index < -0.39 is 0 Å². The summed E-state index contributed by atoms with van der Waals surface area (Å²) in [4.78, 5) is 12.4. The van der Waals surface area contributed by atoms with Crippen molar-refractivity contribution in [2.45, 2.75) is 78.2 Å². The fourth-order valence-electron chi connectivity index (χ4n) is 3.90. The van der Waals surface area contributed by atoms with Crippen LogP contribution in [-0.2, 0) is 4.79 Å². The van der Waals surface area contributed by atoms with Crippen molar-refractivity contribution in [3.63, 3.8) is 0 Å². The minimum Gasteiger partial charge on any atom is -0.508 e. The molecular weight excluding hydrogens is 288 g/mol. The van der Waals surface area contributed by atoms with Gasteiger partial charge in [-0.15, -0.1) is 0 Å². The SMILES string of the molecule is CCCC(C)(CCC1CC(C)Oc2cc(O)ccc21)C(=O)CC. The van der Waals surface area contributed by atoms with Gasteiger partial charge in [0.2, 0.25) is 0 Å². The van der Waals surface area contributed by atoms with Crippen LogP contribution in [0.5, 0.6) is 11.5 Å². The molecule has 1 N–H and O–H groups in total. The van der Waals surface area contributed by atoms with Crippen molar-refractivity contribution in [2.24, 2.45) is 5.41 Å². The van der Waals surface area contributed by atoms with Crippen molar-refractivity contribution < 1.29 is 14.6 Å². The van der Waals surface area contributed by atoms with E-state index in [1.54, 1.807) is 12.1 Å². The third-order valence-electron chi connectivity index (χ3n) is 5.22. The van der Waals surface area contributed by atoms with Crippen molar-refractivity contribution in [3.8, 4) is 11.5 Å². The van der Waals surface area contributed by atoms with E-state index in [0.717, 1.165) is 37.9 Å². The van der Waals surface area contributed by atoms with E-state index in [1.807, 2.05) is 13.0 Å². The van der Waals surface area contributed by atoms with E-state index in [2.05, 4.69) is 20.8 Å². The Morgan fingerprint density at radius 1 is 1.35 bits per heavy atom. The number of rotatable bonds is 7. The molecule has 3 unspecified atom stereocenters. The number of aromatic hydroxyl groups is 1. The van der Waals surface area contributed by atoms with Gasteiger partial charge in [-0.05, 0) is 50.2 Å². The fraction of sp³-hybridized carbons (Fsp3) is 0.650. The van der Waals surface area contributed by atoms with Crippen LogP contribution in [0.4, 0.5) is 0 Å². The standard InChI is InChI=1S/C20H30O3/c1-5-10-20(4,19(22)6-2)11-9-15-12-14(3)23-18-13-16(21)7-8-17(15)18/h7-8,13-15,21H,5-6,9-12H2,1-4H3. The molecule has 1 aliphatic rings. The minimum absolute atomic E-state index is 0.147. The van der Waals surface area contributed by atoms with Crippen molar-refractivity contribution in [2.75, 3.05) is 0 Å². The number of benzene rings is 1. The molecule has 1 aromatic rings. The van der Waals surface area contributed by atoms with Gasteiger partial charge in [-0.3, -0.25) is 4.79 Å². The molecule has 1 aromatic carbocycles. The number of phenolic OH excluding ortho intramolecular Hbond substituents is 1. The van der Waals surface area contributed by atoms with Crippen LogP contribution in [0.3, 0.4) is 0 Å². The van der Waals surface area contributed by atoms with E-state index in [9.17, 15) is 9.90 Å². The monoisotopic (exact) mass is 318 g/mol. The first kappa shape index (κ1) is 17.8. The van der Waals surface area contributed by atoms with Crippen LogP contribution in [0.15, 0.2) is 18.2 Å². The highest BCUT2D eigenvalue weighted by molar-refractivity contribution is 5.84. The zero-order chi connectivity index (χ0) is 17.0. The second-order valence-electron chi connectivity index (χ2n) is 7.21. The van der Waals surface area contributed by atoms with E-state index in [0.29, 0.717) is 18.1 Å². The largest absolute Gasteiger partial charge is 0.508 e. The highest BCUT2D eigenvalue weighted by atomic mass is 16.5. The van der Waals surface area contributed by atoms with Crippen molar-refractivity contribution >= 4 is 5.78 Å². The maximum Gasteiger partial charge on any atom is 0.138 e. The summed E-state index contributed by atoms with van der Waals surface area (Å²) in [5, 5.41) is 9.67. The van der Waals surface area contributed by atoms with Gasteiger partial charge < -0.3 is 9.84 Å². The second kappa shape index (κ2) is 7.37. The Bertz CT molecular complexity index is 552. The molecule has 23 heavy (non-hydrogen) atoms. The molecule has 0 bridgehead atoms. The van der Waals surface area contributed by atoms with Crippen LogP contribution in [-0.4, -0.2) is 17.0 Å². The highest BCUT2D eigenvalue weighted by Gasteiger charge is 2.33. The maximum absolute atomic E-state index is 12.4. The van der Waals surface area contributed by atoms with Crippen LogP contribution < -0.4 is 4.74 Å². The van der Waals surface area contributed by atoms with Crippen LogP contribution in [0.2, 0.25) is 0 Å². The lowest BCUT2D eigenvalue weighted by atomic mass is 9.73. The first-order valence-electron chi connectivity index (χ1n) is 8.92. The summed E-state index contributed by atoms with van der Waals surface area (Å²) in [5.74, 6) is 1.82. The Kier molecular flexibility index (Phi) is 5.72. The zero-order valence-corrected chi connectivity index (χ0v) is 14.9. The molecule has 3 nitrogen and oxygen atoms in total. The number of Topliss-reactive ketones (excluding diaryl/α,β-unsaturated/α-hetero) is 1. The Morgan fingerprint density at radius 3 is 2.74 bits per heavy atom. The van der Waals surface area contributed by atoms with Crippen molar-refractivity contribution in [1.29, 1.82) is 0 Å². The van der Waals surface area contributed by atoms with E-state index >= 15 is 0 Å². The predicted octanol–water partition coefficient (Wildman–Crippen LogP) is 5.21. The van der Waals surface area contributed by atoms with Gasteiger partial charge in [-0.1, -0.05) is 33.3 Å². The number of carbonyl (C=O) groups excluding carboxylic acids is 1. The number of carbonyl (C=O) groups is 1. The van der Waals surface area contributed by atoms with Gasteiger partial charge in [0.25, 0.3) is 0 Å². The molecule has 2 rings (SSSR count). The highest BCUT2D eigenvalue weighted by Crippen LogP contribution is 2.43. The average molecular weight is 318 g/mol. The molecule has 0 fully saturated rings. The van der Waals surface area contributed by atoms with Gasteiger partial charge in [-0.25, -0.2) is 0 Å². The summed E-state index contributed by atoms with van der Waals surface area (Å²) in [6.07, 6.45) is 5.65. The Morgan fingerprint density at radius 2 is 2.09 bits per heavy atom. The predicted molar refractivity (Wildman–Crippen MR) is 93.1 cm³/mol. The molecule has 0 aliphatic carbocycles. The van der Waals surface area contributed by atoms with Gasteiger partial charge in [0, 0.05) is 17.9 Å². The number of hydrogen-bond acceptors (Lipinski definition) is 3. The molecule has 0 aromatic heterocycles. The Labute approximate surface area is 140 Å². The lowest BCUT2D eigenvalue weighted by Gasteiger charge is -2.34. The molecule has 0 saturated carbocycles. The summed E-state index contributed by atoms with van der Waals surface area (Å²) in [7, 11) is 0.